The molecule has 0 bridgehead atoms. The van der Waals surface area contributed by atoms with Crippen molar-refractivity contribution >= 4 is 5.78 Å². The third-order valence-corrected chi connectivity index (χ3v) is 4.35. The molecule has 0 amide bonds. The van der Waals surface area contributed by atoms with Crippen LogP contribution in [0.15, 0.2) is 24.3 Å². The lowest BCUT2D eigenvalue weighted by Gasteiger charge is -2.26. The van der Waals surface area contributed by atoms with Crippen LogP contribution in [0, 0.1) is 5.92 Å². The van der Waals surface area contributed by atoms with Crippen LogP contribution in [0.1, 0.15) is 43.5 Å². The zero-order valence-electron chi connectivity index (χ0n) is 12.8. The lowest BCUT2D eigenvalue weighted by atomic mass is 10.0. The predicted octanol–water partition coefficient (Wildman–Crippen LogP) is 3.39. The van der Waals surface area contributed by atoms with Crippen molar-refractivity contribution in [1.82, 2.24) is 4.90 Å². The quantitative estimate of drug-likeness (QED) is 0.789. The fraction of sp³-hybridized carbons (Fsp3) is 0.588. The lowest BCUT2D eigenvalue weighted by molar-refractivity contribution is 0.0841. The summed E-state index contributed by atoms with van der Waals surface area (Å²) in [7, 11) is 1.64. The van der Waals surface area contributed by atoms with Crippen molar-refractivity contribution in [2.75, 3.05) is 20.2 Å². The van der Waals surface area contributed by atoms with Gasteiger partial charge in [-0.15, -0.1) is 0 Å². The van der Waals surface area contributed by atoms with E-state index in [9.17, 15) is 4.79 Å². The van der Waals surface area contributed by atoms with Crippen LogP contribution < -0.4 is 4.74 Å². The second kappa shape index (κ2) is 6.89. The highest BCUT2D eigenvalue weighted by Gasteiger charge is 2.24. The van der Waals surface area contributed by atoms with E-state index in [-0.39, 0.29) is 11.8 Å². The van der Waals surface area contributed by atoms with Gasteiger partial charge in [0.25, 0.3) is 0 Å². The van der Waals surface area contributed by atoms with Gasteiger partial charge in [-0.25, -0.2) is 0 Å². The molecule has 3 nitrogen and oxygen atoms in total. The molecule has 0 saturated carbocycles. The molecular formula is C17H25NO2. The Balaban J connectivity index is 2.03. The molecule has 1 aliphatic heterocycles. The van der Waals surface area contributed by atoms with Crippen molar-refractivity contribution in [3.63, 3.8) is 0 Å². The third-order valence-electron chi connectivity index (χ3n) is 4.35. The second-order valence-electron chi connectivity index (χ2n) is 5.84. The number of hydrogen-bond donors (Lipinski definition) is 0. The summed E-state index contributed by atoms with van der Waals surface area (Å²) in [6, 6.07) is 7.39. The molecule has 0 spiro atoms. The highest BCUT2D eigenvalue weighted by Crippen LogP contribution is 2.20. The first-order valence-corrected chi connectivity index (χ1v) is 7.54. The molecule has 1 heterocycles. The molecule has 110 valence electrons. The first-order valence-electron chi connectivity index (χ1n) is 7.54. The minimum Gasteiger partial charge on any atom is -0.497 e. The number of rotatable bonds is 4. The summed E-state index contributed by atoms with van der Waals surface area (Å²) in [5.41, 5.74) is 0.774. The highest BCUT2D eigenvalue weighted by atomic mass is 16.5. The zero-order valence-corrected chi connectivity index (χ0v) is 12.8. The first kappa shape index (κ1) is 15.0. The van der Waals surface area contributed by atoms with Gasteiger partial charge in [-0.3, -0.25) is 9.69 Å². The number of carbonyl (C=O) groups is 1. The number of ketones is 1. The van der Waals surface area contributed by atoms with Gasteiger partial charge >= 0.3 is 0 Å². The number of benzene rings is 1. The minimum atomic E-state index is -0.0336. The number of carbonyl (C=O) groups excluding carboxylic acids is 1. The van der Waals surface area contributed by atoms with Crippen LogP contribution in [0.25, 0.3) is 0 Å². The van der Waals surface area contributed by atoms with E-state index in [0.717, 1.165) is 30.3 Å². The number of Topliss-reactive ketones (excluding diaryl/α,β-unsaturated/α-hetero) is 1. The van der Waals surface area contributed by atoms with E-state index >= 15 is 0 Å². The predicted molar refractivity (Wildman–Crippen MR) is 81.4 cm³/mol. The van der Waals surface area contributed by atoms with E-state index in [2.05, 4.69) is 11.8 Å². The minimum absolute atomic E-state index is 0.0336. The standard InChI is InChI=1S/C17H25NO2/c1-13-5-4-11-18(12-10-13)14(2)17(19)15-6-8-16(20-3)9-7-15/h6-9,13-14H,4-5,10-12H2,1-3H3. The van der Waals surface area contributed by atoms with Crippen LogP contribution in [0.2, 0.25) is 0 Å². The normalized spacial score (nSPS) is 22.1. The summed E-state index contributed by atoms with van der Waals surface area (Å²) in [6.45, 7) is 6.40. The Morgan fingerprint density at radius 2 is 1.95 bits per heavy atom. The van der Waals surface area contributed by atoms with Crippen LogP contribution in [-0.2, 0) is 0 Å². The largest absolute Gasteiger partial charge is 0.497 e. The van der Waals surface area contributed by atoms with E-state index in [1.807, 2.05) is 31.2 Å². The summed E-state index contributed by atoms with van der Waals surface area (Å²) in [5.74, 6) is 1.78. The molecule has 1 aromatic rings. The van der Waals surface area contributed by atoms with Gasteiger partial charge in [0, 0.05) is 5.56 Å². The summed E-state index contributed by atoms with van der Waals surface area (Å²) in [4.78, 5) is 14.9. The molecule has 2 rings (SSSR count). The second-order valence-corrected chi connectivity index (χ2v) is 5.84. The van der Waals surface area contributed by atoms with Gasteiger partial charge in [-0.2, -0.15) is 0 Å². The molecule has 0 aliphatic carbocycles. The average molecular weight is 275 g/mol. The van der Waals surface area contributed by atoms with Crippen molar-refractivity contribution in [3.8, 4) is 5.75 Å². The van der Waals surface area contributed by atoms with Crippen LogP contribution in [-0.4, -0.2) is 36.9 Å². The van der Waals surface area contributed by atoms with Gasteiger partial charge in [-0.1, -0.05) is 6.92 Å². The fourth-order valence-corrected chi connectivity index (χ4v) is 2.83. The smallest absolute Gasteiger partial charge is 0.179 e. The van der Waals surface area contributed by atoms with Crippen molar-refractivity contribution in [2.45, 2.75) is 39.2 Å². The summed E-state index contributed by atoms with van der Waals surface area (Å²) >= 11 is 0. The third kappa shape index (κ3) is 3.60. The number of nitrogens with zero attached hydrogens (tertiary/aromatic N) is 1. The van der Waals surface area contributed by atoms with Gasteiger partial charge in [0.2, 0.25) is 0 Å². The molecule has 0 radical (unpaired) electrons. The topological polar surface area (TPSA) is 29.5 Å². The number of ether oxygens (including phenoxy) is 1. The van der Waals surface area contributed by atoms with Gasteiger partial charge in [0.05, 0.1) is 13.2 Å². The molecule has 1 fully saturated rings. The maximum absolute atomic E-state index is 12.6. The monoisotopic (exact) mass is 275 g/mol. The molecule has 0 aromatic heterocycles. The molecule has 2 atom stereocenters. The molecule has 20 heavy (non-hydrogen) atoms. The SMILES string of the molecule is COc1ccc(C(=O)C(C)N2CCCC(C)CC2)cc1. The maximum Gasteiger partial charge on any atom is 0.179 e. The van der Waals surface area contributed by atoms with E-state index in [1.54, 1.807) is 7.11 Å². The van der Waals surface area contributed by atoms with E-state index in [4.69, 9.17) is 4.74 Å². The average Bonchev–Trinajstić information content (AvgIpc) is 2.70. The summed E-state index contributed by atoms with van der Waals surface area (Å²) in [6.07, 6.45) is 3.67. The Bertz CT molecular complexity index is 441. The van der Waals surface area contributed by atoms with Gasteiger partial charge in [0.15, 0.2) is 5.78 Å². The van der Waals surface area contributed by atoms with Gasteiger partial charge < -0.3 is 4.74 Å². The van der Waals surface area contributed by atoms with Crippen LogP contribution in [0.4, 0.5) is 0 Å². The molecule has 3 heteroatoms. The van der Waals surface area contributed by atoms with E-state index in [0.29, 0.717) is 0 Å². The van der Waals surface area contributed by atoms with Gasteiger partial charge in [-0.05, 0) is 69.5 Å². The zero-order chi connectivity index (χ0) is 14.5. The Morgan fingerprint density at radius 1 is 1.25 bits per heavy atom. The van der Waals surface area contributed by atoms with Crippen molar-refractivity contribution < 1.29 is 9.53 Å². The number of likely N-dealkylation sites (tertiary alicyclic amines) is 1. The lowest BCUT2D eigenvalue weighted by Crippen LogP contribution is -2.39. The first-order chi connectivity index (χ1) is 9.61. The highest BCUT2D eigenvalue weighted by molar-refractivity contribution is 5.99. The van der Waals surface area contributed by atoms with Crippen LogP contribution in [0.3, 0.4) is 0 Å². The van der Waals surface area contributed by atoms with E-state index < -0.39 is 0 Å². The molecule has 0 N–H and O–H groups in total. The molecular weight excluding hydrogens is 250 g/mol. The van der Waals surface area contributed by atoms with Crippen molar-refractivity contribution in [3.05, 3.63) is 29.8 Å². The summed E-state index contributed by atoms with van der Waals surface area (Å²) < 4.78 is 5.13. The molecule has 1 aromatic carbocycles. The fourth-order valence-electron chi connectivity index (χ4n) is 2.83. The van der Waals surface area contributed by atoms with Crippen LogP contribution in [0.5, 0.6) is 5.75 Å². The number of hydrogen-bond acceptors (Lipinski definition) is 3. The molecule has 1 aliphatic rings. The maximum atomic E-state index is 12.6. The Kier molecular flexibility index (Phi) is 5.18. The molecule has 2 unspecified atom stereocenters. The Hall–Kier alpha value is -1.35. The van der Waals surface area contributed by atoms with E-state index in [1.165, 1.54) is 19.3 Å². The van der Waals surface area contributed by atoms with Crippen molar-refractivity contribution in [1.29, 1.82) is 0 Å². The molecule has 1 saturated heterocycles. The Morgan fingerprint density at radius 3 is 2.60 bits per heavy atom. The van der Waals surface area contributed by atoms with Crippen LogP contribution >= 0.6 is 0 Å². The summed E-state index contributed by atoms with van der Waals surface area (Å²) in [5, 5.41) is 0. The van der Waals surface area contributed by atoms with Crippen molar-refractivity contribution in [2.24, 2.45) is 5.92 Å². The number of methoxy groups -OCH3 is 1. The van der Waals surface area contributed by atoms with Gasteiger partial charge in [0.1, 0.15) is 5.75 Å². The Labute approximate surface area is 121 Å².